The fraction of sp³-hybridized carbons (Fsp3) is 0.286. The summed E-state index contributed by atoms with van der Waals surface area (Å²) in [6.45, 7) is 5.52. The highest BCUT2D eigenvalue weighted by atomic mass is 32.1. The SMILES string of the molecule is Cc1ccsc1C(C)Nc1c(F)ccc(C)c1F. The minimum atomic E-state index is -0.556. The van der Waals surface area contributed by atoms with Crippen LogP contribution < -0.4 is 5.32 Å². The number of hydrogen-bond acceptors (Lipinski definition) is 2. The van der Waals surface area contributed by atoms with Crippen LogP contribution in [0.3, 0.4) is 0 Å². The average molecular weight is 267 g/mol. The lowest BCUT2D eigenvalue weighted by Crippen LogP contribution is -2.10. The van der Waals surface area contributed by atoms with Crippen LogP contribution in [0.2, 0.25) is 0 Å². The van der Waals surface area contributed by atoms with Crippen molar-refractivity contribution in [2.45, 2.75) is 26.8 Å². The molecular formula is C14H15F2NS. The normalized spacial score (nSPS) is 12.5. The van der Waals surface area contributed by atoms with E-state index in [1.165, 1.54) is 12.1 Å². The molecule has 0 aliphatic rings. The molecule has 0 spiro atoms. The lowest BCUT2D eigenvalue weighted by molar-refractivity contribution is 0.579. The monoisotopic (exact) mass is 267 g/mol. The van der Waals surface area contributed by atoms with Gasteiger partial charge in [0, 0.05) is 4.88 Å². The maximum absolute atomic E-state index is 13.9. The number of hydrogen-bond donors (Lipinski definition) is 1. The molecule has 0 saturated carbocycles. The van der Waals surface area contributed by atoms with E-state index in [9.17, 15) is 8.78 Å². The van der Waals surface area contributed by atoms with Crippen LogP contribution in [0.25, 0.3) is 0 Å². The minimum absolute atomic E-state index is 0.0460. The van der Waals surface area contributed by atoms with Gasteiger partial charge in [-0.1, -0.05) is 6.07 Å². The summed E-state index contributed by atoms with van der Waals surface area (Å²) < 4.78 is 27.5. The summed E-state index contributed by atoms with van der Waals surface area (Å²) in [6, 6.07) is 4.61. The molecule has 1 aromatic carbocycles. The lowest BCUT2D eigenvalue weighted by Gasteiger charge is -2.17. The molecule has 0 radical (unpaired) electrons. The molecule has 0 saturated heterocycles. The van der Waals surface area contributed by atoms with Crippen LogP contribution >= 0.6 is 11.3 Å². The van der Waals surface area contributed by atoms with Crippen LogP contribution in [0.15, 0.2) is 23.6 Å². The Morgan fingerprint density at radius 2 is 1.83 bits per heavy atom. The Bertz CT molecular complexity index is 563. The number of benzene rings is 1. The van der Waals surface area contributed by atoms with Gasteiger partial charge in [0.1, 0.15) is 11.5 Å². The highest BCUT2D eigenvalue weighted by Crippen LogP contribution is 2.30. The first-order valence-corrected chi connectivity index (χ1v) is 6.63. The van der Waals surface area contributed by atoms with Crippen molar-refractivity contribution in [3.8, 4) is 0 Å². The van der Waals surface area contributed by atoms with E-state index in [0.29, 0.717) is 5.56 Å². The maximum atomic E-state index is 13.9. The van der Waals surface area contributed by atoms with Gasteiger partial charge in [-0.05, 0) is 49.4 Å². The third kappa shape index (κ3) is 2.38. The Labute approximate surface area is 109 Å². The van der Waals surface area contributed by atoms with Gasteiger partial charge in [-0.25, -0.2) is 8.78 Å². The highest BCUT2D eigenvalue weighted by Gasteiger charge is 2.16. The van der Waals surface area contributed by atoms with Crippen LogP contribution in [0.5, 0.6) is 0 Å². The third-order valence-electron chi connectivity index (χ3n) is 2.94. The Morgan fingerprint density at radius 3 is 2.44 bits per heavy atom. The molecule has 1 atom stereocenters. The summed E-state index contributed by atoms with van der Waals surface area (Å²) in [5.41, 5.74) is 1.53. The zero-order valence-electron chi connectivity index (χ0n) is 10.6. The lowest BCUT2D eigenvalue weighted by atomic mass is 10.1. The van der Waals surface area contributed by atoms with Gasteiger partial charge in [-0.15, -0.1) is 11.3 Å². The molecule has 0 aliphatic carbocycles. The van der Waals surface area contributed by atoms with E-state index in [0.717, 1.165) is 10.4 Å². The van der Waals surface area contributed by atoms with E-state index >= 15 is 0 Å². The summed E-state index contributed by atoms with van der Waals surface area (Å²) in [5, 5.41) is 4.90. The predicted octanol–water partition coefficient (Wildman–Crippen LogP) is 4.82. The van der Waals surface area contributed by atoms with Gasteiger partial charge in [-0.3, -0.25) is 0 Å². The van der Waals surface area contributed by atoms with Gasteiger partial charge in [0.25, 0.3) is 0 Å². The second kappa shape index (κ2) is 5.06. The topological polar surface area (TPSA) is 12.0 Å². The van der Waals surface area contributed by atoms with Crippen molar-refractivity contribution in [3.05, 3.63) is 51.2 Å². The predicted molar refractivity (Wildman–Crippen MR) is 72.2 cm³/mol. The first-order valence-electron chi connectivity index (χ1n) is 5.76. The van der Waals surface area contributed by atoms with E-state index in [2.05, 4.69) is 5.32 Å². The number of anilines is 1. The van der Waals surface area contributed by atoms with Gasteiger partial charge < -0.3 is 5.32 Å². The van der Waals surface area contributed by atoms with Crippen molar-refractivity contribution in [1.82, 2.24) is 0 Å². The highest BCUT2D eigenvalue weighted by molar-refractivity contribution is 7.10. The largest absolute Gasteiger partial charge is 0.373 e. The number of nitrogens with one attached hydrogen (secondary N) is 1. The zero-order valence-corrected chi connectivity index (χ0v) is 11.4. The molecule has 1 nitrogen and oxygen atoms in total. The quantitative estimate of drug-likeness (QED) is 0.841. The molecule has 1 N–H and O–H groups in total. The van der Waals surface area contributed by atoms with Crippen LogP contribution in [0.4, 0.5) is 14.5 Å². The van der Waals surface area contributed by atoms with E-state index in [1.54, 1.807) is 18.3 Å². The van der Waals surface area contributed by atoms with Gasteiger partial charge in [0.15, 0.2) is 5.82 Å². The molecule has 2 rings (SSSR count). The van der Waals surface area contributed by atoms with Crippen molar-refractivity contribution in [2.24, 2.45) is 0 Å². The fourth-order valence-corrected chi connectivity index (χ4v) is 2.83. The van der Waals surface area contributed by atoms with E-state index in [-0.39, 0.29) is 11.7 Å². The van der Waals surface area contributed by atoms with Crippen molar-refractivity contribution in [2.75, 3.05) is 5.32 Å². The molecule has 1 aromatic heterocycles. The Balaban J connectivity index is 2.30. The van der Waals surface area contributed by atoms with Crippen LogP contribution in [-0.4, -0.2) is 0 Å². The van der Waals surface area contributed by atoms with Crippen LogP contribution in [0.1, 0.15) is 29.0 Å². The molecule has 1 heterocycles. The second-order valence-corrected chi connectivity index (χ2v) is 5.33. The number of halogens is 2. The standard InChI is InChI=1S/C14H15F2NS/c1-8-4-5-11(15)13(12(8)16)17-10(3)14-9(2)6-7-18-14/h4-7,10,17H,1-3H3. The molecule has 18 heavy (non-hydrogen) atoms. The maximum Gasteiger partial charge on any atom is 0.152 e. The van der Waals surface area contributed by atoms with Crippen molar-refractivity contribution < 1.29 is 8.78 Å². The van der Waals surface area contributed by atoms with Gasteiger partial charge in [0.05, 0.1) is 6.04 Å². The second-order valence-electron chi connectivity index (χ2n) is 4.39. The summed E-state index contributed by atoms with van der Waals surface area (Å²) in [7, 11) is 0. The first-order chi connectivity index (χ1) is 8.50. The Kier molecular flexibility index (Phi) is 3.66. The molecule has 4 heteroatoms. The van der Waals surface area contributed by atoms with E-state index < -0.39 is 11.6 Å². The smallest absolute Gasteiger partial charge is 0.152 e. The Morgan fingerprint density at radius 1 is 1.11 bits per heavy atom. The molecule has 2 aromatic rings. The van der Waals surface area contributed by atoms with Gasteiger partial charge >= 0.3 is 0 Å². The van der Waals surface area contributed by atoms with Crippen molar-refractivity contribution in [1.29, 1.82) is 0 Å². The molecule has 0 amide bonds. The summed E-state index contributed by atoms with van der Waals surface area (Å²) >= 11 is 1.59. The fourth-order valence-electron chi connectivity index (χ4n) is 1.90. The van der Waals surface area contributed by atoms with Crippen molar-refractivity contribution in [3.63, 3.8) is 0 Å². The average Bonchev–Trinajstić information content (AvgIpc) is 2.76. The summed E-state index contributed by atoms with van der Waals surface area (Å²) in [4.78, 5) is 1.09. The minimum Gasteiger partial charge on any atom is -0.373 e. The van der Waals surface area contributed by atoms with E-state index in [1.807, 2.05) is 25.3 Å². The van der Waals surface area contributed by atoms with Crippen LogP contribution in [0, 0.1) is 25.5 Å². The molecule has 1 unspecified atom stereocenters. The van der Waals surface area contributed by atoms with Crippen LogP contribution in [-0.2, 0) is 0 Å². The zero-order chi connectivity index (χ0) is 13.3. The number of thiophene rings is 1. The molecule has 96 valence electrons. The van der Waals surface area contributed by atoms with Crippen molar-refractivity contribution >= 4 is 17.0 Å². The van der Waals surface area contributed by atoms with E-state index in [4.69, 9.17) is 0 Å². The molecule has 0 fully saturated rings. The first kappa shape index (κ1) is 13.0. The molecule has 0 bridgehead atoms. The number of aryl methyl sites for hydroxylation is 2. The Hall–Kier alpha value is -1.42. The molecular weight excluding hydrogens is 252 g/mol. The summed E-state index contributed by atoms with van der Waals surface area (Å²) in [5.74, 6) is -1.07. The van der Waals surface area contributed by atoms with Gasteiger partial charge in [-0.2, -0.15) is 0 Å². The van der Waals surface area contributed by atoms with Gasteiger partial charge in [0.2, 0.25) is 0 Å². The summed E-state index contributed by atoms with van der Waals surface area (Å²) in [6.07, 6.45) is 0. The molecule has 0 aliphatic heterocycles. The third-order valence-corrected chi connectivity index (χ3v) is 4.14. The number of rotatable bonds is 3.